The Morgan fingerprint density at radius 3 is 2.08 bits per heavy atom. The predicted molar refractivity (Wildman–Crippen MR) is 161 cm³/mol. The van der Waals surface area contributed by atoms with Crippen molar-refractivity contribution < 1.29 is 70.8 Å². The van der Waals surface area contributed by atoms with Gasteiger partial charge >= 0.3 is 35.6 Å². The molecule has 1 fully saturated rings. The van der Waals surface area contributed by atoms with Crippen LogP contribution in [0.5, 0.6) is 0 Å². The van der Waals surface area contributed by atoms with Gasteiger partial charge in [0, 0.05) is 23.2 Å². The number of fused-ring (bicyclic) bond motifs is 4. The maximum atomic E-state index is 15.8. The highest BCUT2D eigenvalue weighted by atomic mass is 19.1. The van der Waals surface area contributed by atoms with Crippen molar-refractivity contribution in [2.45, 2.75) is 61.6 Å². The van der Waals surface area contributed by atoms with Crippen LogP contribution in [0, 0.1) is 5.95 Å². The Hall–Kier alpha value is -4.73. The van der Waals surface area contributed by atoms with Gasteiger partial charge < -0.3 is 71.4 Å². The van der Waals surface area contributed by atoms with Gasteiger partial charge in [-0.2, -0.15) is 14.2 Å². The number of hydrogen-bond acceptors (Lipinski definition) is 17. The Morgan fingerprint density at radius 2 is 1.49 bits per heavy atom. The Labute approximate surface area is 279 Å². The first kappa shape index (κ1) is 34.7. The number of aliphatic hydroxyl groups is 13. The second-order valence-corrected chi connectivity index (χ2v) is 12.3. The SMILES string of the molecule is O=c1n(C2CCCC2)c2c3c(-c4ccc5c(cnn5C(O)(O)O)c4)c(-c4cn(C(O)(C(O)(O)O)C(O)(O)O)nc4F)[nH]c3ncc2n1C(O)(O)O. The third-order valence-electron chi connectivity index (χ3n) is 8.99. The number of rotatable bonds is 8. The van der Waals surface area contributed by atoms with Crippen LogP contribution < -0.4 is 5.69 Å². The van der Waals surface area contributed by atoms with Crippen molar-refractivity contribution >= 4 is 33.0 Å². The average Bonchev–Trinajstić information content (AvgIpc) is 3.82. The maximum Gasteiger partial charge on any atom is 0.389 e. The van der Waals surface area contributed by atoms with E-state index in [1.165, 1.54) is 22.8 Å². The summed E-state index contributed by atoms with van der Waals surface area (Å²) in [6.07, 6.45) is -2.30. The fourth-order valence-electron chi connectivity index (χ4n) is 6.77. The second-order valence-electron chi connectivity index (χ2n) is 12.3. The topological polar surface area (TPSA) is 354 Å². The lowest BCUT2D eigenvalue weighted by Gasteiger charge is -2.39. The van der Waals surface area contributed by atoms with Crippen LogP contribution in [0.2, 0.25) is 0 Å². The van der Waals surface area contributed by atoms with Gasteiger partial charge in [-0.1, -0.05) is 18.9 Å². The fraction of sp³-hybridized carbons (Fsp3) is 0.357. The molecule has 14 N–H and O–H groups in total. The zero-order valence-corrected chi connectivity index (χ0v) is 25.6. The molecule has 5 aromatic heterocycles. The minimum absolute atomic E-state index is 0.0221. The van der Waals surface area contributed by atoms with E-state index in [1.54, 1.807) is 0 Å². The highest BCUT2D eigenvalue weighted by Gasteiger charge is 2.65. The van der Waals surface area contributed by atoms with Crippen molar-refractivity contribution in [1.29, 1.82) is 0 Å². The van der Waals surface area contributed by atoms with E-state index >= 15 is 4.39 Å². The number of halogens is 1. The molecular formula is C28H29FN8O14. The van der Waals surface area contributed by atoms with E-state index in [1.807, 2.05) is 0 Å². The summed E-state index contributed by atoms with van der Waals surface area (Å²) in [7, 11) is 0. The van der Waals surface area contributed by atoms with E-state index in [0.29, 0.717) is 36.6 Å². The number of aromatic amines is 1. The number of benzene rings is 1. The zero-order valence-electron chi connectivity index (χ0n) is 25.6. The van der Waals surface area contributed by atoms with Crippen LogP contribution in [0.4, 0.5) is 4.39 Å². The summed E-state index contributed by atoms with van der Waals surface area (Å²) in [5, 5.41) is 136. The molecule has 5 heterocycles. The van der Waals surface area contributed by atoms with Crippen LogP contribution in [0.15, 0.2) is 41.6 Å². The van der Waals surface area contributed by atoms with Gasteiger partial charge in [0.05, 0.1) is 45.6 Å². The van der Waals surface area contributed by atoms with E-state index in [2.05, 4.69) is 20.2 Å². The summed E-state index contributed by atoms with van der Waals surface area (Å²) < 4.78 is 17.5. The van der Waals surface area contributed by atoms with Gasteiger partial charge in [0.25, 0.3) is 0 Å². The van der Waals surface area contributed by atoms with Gasteiger partial charge in [-0.15, -0.1) is 5.10 Å². The lowest BCUT2D eigenvalue weighted by molar-refractivity contribution is -0.525. The van der Waals surface area contributed by atoms with Gasteiger partial charge in [-0.3, -0.25) is 4.57 Å². The molecule has 23 heteroatoms. The molecule has 22 nitrogen and oxygen atoms in total. The molecule has 1 aliphatic rings. The Balaban J connectivity index is 1.62. The molecule has 0 radical (unpaired) electrons. The number of aromatic nitrogens is 8. The molecular weight excluding hydrogens is 691 g/mol. The lowest BCUT2D eigenvalue weighted by atomic mass is 9.98. The van der Waals surface area contributed by atoms with Gasteiger partial charge in [0.15, 0.2) is 0 Å². The van der Waals surface area contributed by atoms with Crippen LogP contribution in [-0.2, 0) is 17.9 Å². The van der Waals surface area contributed by atoms with E-state index < -0.39 is 53.1 Å². The summed E-state index contributed by atoms with van der Waals surface area (Å²) in [4.78, 5) is 20.8. The highest BCUT2D eigenvalue weighted by Crippen LogP contribution is 2.45. The molecule has 1 aliphatic carbocycles. The summed E-state index contributed by atoms with van der Waals surface area (Å²) in [6, 6.07) is 3.40. The molecule has 51 heavy (non-hydrogen) atoms. The quantitative estimate of drug-likeness (QED) is 0.0663. The summed E-state index contributed by atoms with van der Waals surface area (Å²) in [5.74, 6) is -10.7. The van der Waals surface area contributed by atoms with Crippen LogP contribution in [0.25, 0.3) is 55.4 Å². The molecule has 0 aliphatic heterocycles. The second kappa shape index (κ2) is 10.9. The molecule has 7 rings (SSSR count). The first-order valence-electron chi connectivity index (χ1n) is 14.9. The first-order valence-corrected chi connectivity index (χ1v) is 14.9. The lowest BCUT2D eigenvalue weighted by Crippen LogP contribution is -2.69. The monoisotopic (exact) mass is 720 g/mol. The smallest absolute Gasteiger partial charge is 0.357 e. The molecule has 0 amide bonds. The maximum absolute atomic E-state index is 15.8. The zero-order chi connectivity index (χ0) is 37.2. The largest absolute Gasteiger partial charge is 0.389 e. The molecule has 1 aromatic carbocycles. The molecule has 0 bridgehead atoms. The molecule has 0 spiro atoms. The van der Waals surface area contributed by atoms with Gasteiger partial charge in [-0.05, 0) is 30.5 Å². The number of pyridine rings is 1. The van der Waals surface area contributed by atoms with Crippen LogP contribution in [0.3, 0.4) is 0 Å². The van der Waals surface area contributed by atoms with Crippen molar-refractivity contribution in [3.05, 3.63) is 53.2 Å². The van der Waals surface area contributed by atoms with Crippen LogP contribution >= 0.6 is 0 Å². The average molecular weight is 721 g/mol. The number of imidazole rings is 1. The molecule has 0 unspecified atom stereocenters. The van der Waals surface area contributed by atoms with Gasteiger partial charge in [0.2, 0.25) is 5.95 Å². The Bertz CT molecular complexity index is 2380. The molecule has 1 saturated carbocycles. The Morgan fingerprint density at radius 1 is 0.843 bits per heavy atom. The standard InChI is InChI=1S/C28H29FN8O14/c29-21-14(10-34(33-21)24(39,25(40,41)42)26(43,44)45)19-17(11-5-6-15-12(7-11)8-31-37(15)28(49,50)51)18-20-16(9-30-22(18)32-19)36(27(46,47)48)23(38)35(20)13-3-1-2-4-13/h5-10,13,39-51H,1-4H2,(H,30,32). The van der Waals surface area contributed by atoms with Crippen molar-refractivity contribution in [2.75, 3.05) is 0 Å². The van der Waals surface area contributed by atoms with Crippen molar-refractivity contribution in [3.8, 4) is 22.4 Å². The predicted octanol–water partition coefficient (Wildman–Crippen LogP) is -4.19. The molecule has 6 aromatic rings. The first-order chi connectivity index (χ1) is 23.6. The molecule has 0 atom stereocenters. The van der Waals surface area contributed by atoms with Crippen LogP contribution in [-0.4, -0.2) is 117 Å². The Kier molecular flexibility index (Phi) is 7.41. The third-order valence-corrected chi connectivity index (χ3v) is 8.99. The van der Waals surface area contributed by atoms with E-state index in [9.17, 15) is 71.2 Å². The summed E-state index contributed by atoms with van der Waals surface area (Å²) in [5.41, 5.74) is -6.98. The van der Waals surface area contributed by atoms with Gasteiger partial charge in [0.1, 0.15) is 5.65 Å². The van der Waals surface area contributed by atoms with E-state index in [4.69, 9.17) is 0 Å². The number of nitrogens with zero attached hydrogens (tertiary/aromatic N) is 7. The van der Waals surface area contributed by atoms with E-state index in [-0.39, 0.29) is 59.0 Å². The van der Waals surface area contributed by atoms with Crippen molar-refractivity contribution in [2.24, 2.45) is 0 Å². The highest BCUT2D eigenvalue weighted by molar-refractivity contribution is 6.14. The van der Waals surface area contributed by atoms with Crippen molar-refractivity contribution in [1.82, 2.24) is 38.7 Å². The van der Waals surface area contributed by atoms with E-state index in [0.717, 1.165) is 12.4 Å². The van der Waals surface area contributed by atoms with Crippen molar-refractivity contribution in [3.63, 3.8) is 0 Å². The van der Waals surface area contributed by atoms with Gasteiger partial charge in [-0.25, -0.2) is 19.0 Å². The number of H-pyrrole nitrogens is 1. The third kappa shape index (κ3) is 5.07. The number of hydrogen-bond donors (Lipinski definition) is 14. The summed E-state index contributed by atoms with van der Waals surface area (Å²) >= 11 is 0. The minimum Gasteiger partial charge on any atom is -0.357 e. The number of nitrogens with one attached hydrogen (secondary N) is 1. The molecule has 0 saturated heterocycles. The van der Waals surface area contributed by atoms with Crippen LogP contribution in [0.1, 0.15) is 31.7 Å². The fourth-order valence-corrected chi connectivity index (χ4v) is 6.77. The minimum atomic E-state index is -4.57. The summed E-state index contributed by atoms with van der Waals surface area (Å²) in [6.45, 7) is 0. The molecule has 272 valence electrons. The normalized spacial score (nSPS) is 15.7.